The lowest BCUT2D eigenvalue weighted by Gasteiger charge is -2.10. The van der Waals surface area contributed by atoms with Gasteiger partial charge in [-0.25, -0.2) is 9.97 Å². The smallest absolute Gasteiger partial charge is 0.219 e. The first kappa shape index (κ1) is 19.3. The van der Waals surface area contributed by atoms with Crippen LogP contribution in [0.3, 0.4) is 0 Å². The normalized spacial score (nSPS) is 11.4. The molecule has 3 aromatic heterocycles. The van der Waals surface area contributed by atoms with Crippen molar-refractivity contribution in [2.75, 3.05) is 0 Å². The number of nitrogens with zero attached hydrogens (tertiary/aromatic N) is 4. The number of aromatic nitrogens is 4. The highest BCUT2D eigenvalue weighted by Gasteiger charge is 2.14. The van der Waals surface area contributed by atoms with E-state index in [4.69, 9.17) is 4.74 Å². The molecular formula is C27H20N4O2. The number of fused-ring (bicyclic) bond motifs is 4. The summed E-state index contributed by atoms with van der Waals surface area (Å²) >= 11 is 0. The van der Waals surface area contributed by atoms with Gasteiger partial charge in [-0.05, 0) is 42.3 Å². The van der Waals surface area contributed by atoms with Gasteiger partial charge >= 0.3 is 0 Å². The molecule has 6 aromatic rings. The molecule has 160 valence electrons. The number of phenols is 1. The van der Waals surface area contributed by atoms with Crippen LogP contribution in [0.5, 0.6) is 17.4 Å². The molecular weight excluding hydrogens is 412 g/mol. The molecule has 1 N–H and O–H groups in total. The van der Waals surface area contributed by atoms with Crippen molar-refractivity contribution in [2.45, 2.75) is 13.3 Å². The van der Waals surface area contributed by atoms with Crippen molar-refractivity contribution in [2.24, 2.45) is 0 Å². The molecule has 0 atom stereocenters. The zero-order chi connectivity index (χ0) is 22.4. The maximum atomic E-state index is 10.3. The number of hydrogen-bond acceptors (Lipinski definition) is 5. The fourth-order valence-electron chi connectivity index (χ4n) is 4.40. The number of aryl methyl sites for hydroxylation is 1. The van der Waals surface area contributed by atoms with Gasteiger partial charge in [0.2, 0.25) is 5.88 Å². The molecule has 0 saturated carbocycles. The van der Waals surface area contributed by atoms with Gasteiger partial charge in [-0.1, -0.05) is 31.2 Å². The highest BCUT2D eigenvalue weighted by Crippen LogP contribution is 2.35. The van der Waals surface area contributed by atoms with Crippen LogP contribution in [-0.2, 0) is 6.42 Å². The standard InChI is InChI=1S/C27H20N4O2/c1-2-17-7-11-24(32)27-19(17)10-12-26(30-27)33-18-8-9-21-20-5-3-4-6-22(20)31(23(21)15-18)25-16-28-13-14-29-25/h3-16,32H,2H2,1H3. The van der Waals surface area contributed by atoms with E-state index in [1.54, 1.807) is 24.7 Å². The van der Waals surface area contributed by atoms with Gasteiger partial charge in [0.1, 0.15) is 17.0 Å². The number of phenolic OH excluding ortho intramolecular Hbond substituents is 1. The Morgan fingerprint density at radius 2 is 1.73 bits per heavy atom. The predicted molar refractivity (Wildman–Crippen MR) is 129 cm³/mol. The Bertz CT molecular complexity index is 1640. The molecule has 0 unspecified atom stereocenters. The molecule has 3 heterocycles. The van der Waals surface area contributed by atoms with Crippen LogP contribution >= 0.6 is 0 Å². The monoisotopic (exact) mass is 432 g/mol. The van der Waals surface area contributed by atoms with Crippen molar-refractivity contribution >= 4 is 32.7 Å². The van der Waals surface area contributed by atoms with Crippen LogP contribution in [0, 0.1) is 0 Å². The van der Waals surface area contributed by atoms with Gasteiger partial charge in [0.15, 0.2) is 5.82 Å². The number of aromatic hydroxyl groups is 1. The molecule has 0 aliphatic heterocycles. The Morgan fingerprint density at radius 1 is 0.879 bits per heavy atom. The molecule has 0 amide bonds. The first-order valence-electron chi connectivity index (χ1n) is 10.8. The predicted octanol–water partition coefficient (Wildman–Crippen LogP) is 6.18. The van der Waals surface area contributed by atoms with E-state index in [1.807, 2.05) is 48.5 Å². The van der Waals surface area contributed by atoms with E-state index in [-0.39, 0.29) is 5.75 Å². The van der Waals surface area contributed by atoms with Crippen LogP contribution in [0.4, 0.5) is 0 Å². The summed E-state index contributed by atoms with van der Waals surface area (Å²) in [6.45, 7) is 2.08. The lowest BCUT2D eigenvalue weighted by molar-refractivity contribution is 0.460. The number of hydrogen-bond donors (Lipinski definition) is 1. The first-order chi connectivity index (χ1) is 16.2. The van der Waals surface area contributed by atoms with Crippen molar-refractivity contribution in [1.82, 2.24) is 19.5 Å². The summed E-state index contributed by atoms with van der Waals surface area (Å²) in [6.07, 6.45) is 5.96. The average molecular weight is 432 g/mol. The van der Waals surface area contributed by atoms with Gasteiger partial charge in [-0.2, -0.15) is 0 Å². The van der Waals surface area contributed by atoms with Gasteiger partial charge in [-0.3, -0.25) is 9.55 Å². The Morgan fingerprint density at radius 3 is 2.58 bits per heavy atom. The van der Waals surface area contributed by atoms with E-state index in [0.717, 1.165) is 45.0 Å². The zero-order valence-electron chi connectivity index (χ0n) is 17.9. The van der Waals surface area contributed by atoms with Crippen LogP contribution in [0.2, 0.25) is 0 Å². The van der Waals surface area contributed by atoms with Gasteiger partial charge in [-0.15, -0.1) is 0 Å². The molecule has 6 heteroatoms. The topological polar surface area (TPSA) is 73.1 Å². The second-order valence-corrected chi connectivity index (χ2v) is 7.84. The van der Waals surface area contributed by atoms with Crippen LogP contribution in [-0.4, -0.2) is 24.6 Å². The fourth-order valence-corrected chi connectivity index (χ4v) is 4.40. The molecule has 0 radical (unpaired) electrons. The molecule has 0 aliphatic rings. The van der Waals surface area contributed by atoms with Gasteiger partial charge in [0.05, 0.1) is 17.2 Å². The molecule has 3 aromatic carbocycles. The van der Waals surface area contributed by atoms with Crippen LogP contribution in [0.25, 0.3) is 38.5 Å². The van der Waals surface area contributed by atoms with E-state index < -0.39 is 0 Å². The number of rotatable bonds is 4. The number of ether oxygens (including phenoxy) is 1. The summed E-state index contributed by atoms with van der Waals surface area (Å²) in [5.41, 5.74) is 3.69. The van der Waals surface area contributed by atoms with Crippen LogP contribution in [0.1, 0.15) is 12.5 Å². The minimum Gasteiger partial charge on any atom is -0.506 e. The Labute approximate surface area is 189 Å². The highest BCUT2D eigenvalue weighted by atomic mass is 16.5. The molecule has 33 heavy (non-hydrogen) atoms. The minimum absolute atomic E-state index is 0.144. The number of benzene rings is 3. The van der Waals surface area contributed by atoms with E-state index >= 15 is 0 Å². The van der Waals surface area contributed by atoms with Crippen molar-refractivity contribution in [3.63, 3.8) is 0 Å². The third-order valence-electron chi connectivity index (χ3n) is 5.93. The third kappa shape index (κ3) is 3.15. The Kier molecular flexibility index (Phi) is 4.43. The summed E-state index contributed by atoms with van der Waals surface area (Å²) in [4.78, 5) is 13.3. The van der Waals surface area contributed by atoms with Gasteiger partial charge in [0, 0.05) is 40.7 Å². The highest BCUT2D eigenvalue weighted by molar-refractivity contribution is 6.09. The van der Waals surface area contributed by atoms with Gasteiger partial charge < -0.3 is 9.84 Å². The first-order valence-corrected chi connectivity index (χ1v) is 10.8. The summed E-state index contributed by atoms with van der Waals surface area (Å²) in [6, 6.07) is 21.6. The molecule has 0 aliphatic carbocycles. The second-order valence-electron chi connectivity index (χ2n) is 7.84. The summed E-state index contributed by atoms with van der Waals surface area (Å²) < 4.78 is 8.22. The summed E-state index contributed by atoms with van der Waals surface area (Å²) in [5, 5.41) is 13.5. The lowest BCUT2D eigenvalue weighted by Crippen LogP contribution is -1.97. The van der Waals surface area contributed by atoms with E-state index in [0.29, 0.717) is 17.1 Å². The molecule has 6 rings (SSSR count). The lowest BCUT2D eigenvalue weighted by atomic mass is 10.1. The molecule has 6 nitrogen and oxygen atoms in total. The second kappa shape index (κ2) is 7.60. The minimum atomic E-state index is 0.144. The van der Waals surface area contributed by atoms with Crippen molar-refractivity contribution < 1.29 is 9.84 Å². The average Bonchev–Trinajstić information content (AvgIpc) is 3.19. The van der Waals surface area contributed by atoms with Crippen molar-refractivity contribution in [3.05, 3.63) is 90.9 Å². The molecule has 0 fully saturated rings. The SMILES string of the molecule is CCc1ccc(O)c2nc(Oc3ccc4c5ccccc5n(-c5cnccn5)c4c3)ccc12. The van der Waals surface area contributed by atoms with Gasteiger partial charge in [0.25, 0.3) is 0 Å². The summed E-state index contributed by atoms with van der Waals surface area (Å²) in [5.74, 6) is 1.95. The zero-order valence-corrected chi connectivity index (χ0v) is 17.9. The summed E-state index contributed by atoms with van der Waals surface area (Å²) in [7, 11) is 0. The van der Waals surface area contributed by atoms with E-state index in [9.17, 15) is 5.11 Å². The molecule has 0 spiro atoms. The largest absolute Gasteiger partial charge is 0.506 e. The van der Waals surface area contributed by atoms with Crippen LogP contribution in [0.15, 0.2) is 85.3 Å². The maximum absolute atomic E-state index is 10.3. The van der Waals surface area contributed by atoms with Crippen molar-refractivity contribution in [1.29, 1.82) is 0 Å². The number of pyridine rings is 1. The molecule has 0 saturated heterocycles. The number of para-hydroxylation sites is 1. The van der Waals surface area contributed by atoms with E-state index in [2.05, 4.69) is 38.6 Å². The van der Waals surface area contributed by atoms with E-state index in [1.165, 1.54) is 0 Å². The molecule has 0 bridgehead atoms. The fraction of sp³-hybridized carbons (Fsp3) is 0.0741. The quantitative estimate of drug-likeness (QED) is 0.360. The maximum Gasteiger partial charge on any atom is 0.219 e. The Hall–Kier alpha value is -4.45. The van der Waals surface area contributed by atoms with Crippen LogP contribution < -0.4 is 4.74 Å². The Balaban J connectivity index is 1.49. The third-order valence-corrected chi connectivity index (χ3v) is 5.93. The van der Waals surface area contributed by atoms with Crippen molar-refractivity contribution in [3.8, 4) is 23.2 Å².